The van der Waals surface area contributed by atoms with E-state index in [-0.39, 0.29) is 0 Å². The van der Waals surface area contributed by atoms with Gasteiger partial charge in [0.05, 0.1) is 0 Å². The average molecular weight is 209 g/mol. The maximum Gasteiger partial charge on any atom is 0.254 e. The van der Waals surface area contributed by atoms with Crippen molar-refractivity contribution >= 4 is 18.4 Å². The first-order valence-electron chi connectivity index (χ1n) is 4.10. The Hall–Kier alpha value is -1.27. The van der Waals surface area contributed by atoms with E-state index < -0.39 is 0 Å². The normalized spacial score (nSPS) is 11.0. The smallest absolute Gasteiger partial charge is 0.254 e. The summed E-state index contributed by atoms with van der Waals surface area (Å²) in [4.78, 5) is 8.38. The Balaban J connectivity index is 2.58. The Bertz CT molecular complexity index is 468. The maximum absolute atomic E-state index is 5.12. The fourth-order valence-electron chi connectivity index (χ4n) is 1.19. The van der Waals surface area contributed by atoms with E-state index in [1.54, 1.807) is 13.2 Å². The Morgan fingerprint density at radius 3 is 3.00 bits per heavy atom. The largest absolute Gasteiger partial charge is 0.377 e. The van der Waals surface area contributed by atoms with Crippen LogP contribution in [0.15, 0.2) is 11.1 Å². The van der Waals surface area contributed by atoms with Crippen LogP contribution in [0.5, 0.6) is 0 Å². The number of aromatic nitrogens is 4. The molecule has 14 heavy (non-hydrogen) atoms. The number of methoxy groups -OCH3 is 1. The van der Waals surface area contributed by atoms with E-state index in [0.717, 1.165) is 5.69 Å². The molecule has 0 aliphatic heterocycles. The van der Waals surface area contributed by atoms with Crippen molar-refractivity contribution in [3.63, 3.8) is 0 Å². The average Bonchev–Trinajstić information content (AvgIpc) is 2.48. The Kier molecular flexibility index (Phi) is 2.30. The van der Waals surface area contributed by atoms with Gasteiger partial charge in [0, 0.05) is 12.8 Å². The number of fused-ring (bicyclic) bond motifs is 1. The summed E-state index contributed by atoms with van der Waals surface area (Å²) in [6.45, 7) is 2.25. The van der Waals surface area contributed by atoms with Crippen molar-refractivity contribution in [1.82, 2.24) is 19.6 Å². The van der Waals surface area contributed by atoms with Crippen molar-refractivity contribution < 1.29 is 4.74 Å². The first-order valence-corrected chi connectivity index (χ1v) is 4.51. The molecular formula is C8H9N4OS. The third-order valence-corrected chi connectivity index (χ3v) is 2.02. The van der Waals surface area contributed by atoms with Crippen LogP contribution >= 0.6 is 12.6 Å². The molecule has 0 saturated carbocycles. The fraction of sp³-hybridized carbons (Fsp3) is 0.375. The predicted molar refractivity (Wildman–Crippen MR) is 52.1 cm³/mol. The minimum absolute atomic E-state index is 0.372. The van der Waals surface area contributed by atoms with Gasteiger partial charge in [0.15, 0.2) is 5.82 Å². The molecule has 0 N–H and O–H groups in total. The summed E-state index contributed by atoms with van der Waals surface area (Å²) in [6, 6.07) is 1.79. The van der Waals surface area contributed by atoms with Crippen LogP contribution in [0.2, 0.25) is 0 Å². The monoisotopic (exact) mass is 209 g/mol. The molecule has 0 saturated heterocycles. The lowest BCUT2D eigenvalue weighted by molar-refractivity contribution is 0.178. The molecule has 0 spiro atoms. The minimum Gasteiger partial charge on any atom is -0.377 e. The lowest BCUT2D eigenvalue weighted by atomic mass is 10.5. The van der Waals surface area contributed by atoms with Crippen molar-refractivity contribution in [2.75, 3.05) is 7.11 Å². The van der Waals surface area contributed by atoms with Crippen LogP contribution in [0.3, 0.4) is 0 Å². The molecule has 0 aliphatic rings. The molecule has 0 aromatic carbocycles. The molecule has 1 radical (unpaired) electrons. The van der Waals surface area contributed by atoms with Gasteiger partial charge >= 0.3 is 0 Å². The van der Waals surface area contributed by atoms with Crippen LogP contribution in [-0.2, 0) is 11.3 Å². The third-order valence-electron chi connectivity index (χ3n) is 1.72. The molecule has 2 aromatic rings. The summed E-state index contributed by atoms with van der Waals surface area (Å²) in [5, 5.41) is 4.77. The highest BCUT2D eigenvalue weighted by atomic mass is 32.1. The number of nitrogens with zero attached hydrogens (tertiary/aromatic N) is 4. The van der Waals surface area contributed by atoms with E-state index >= 15 is 0 Å². The quantitative estimate of drug-likeness (QED) is 0.696. The summed E-state index contributed by atoms with van der Waals surface area (Å²) in [7, 11) is 1.60. The number of ether oxygens (including phenoxy) is 1. The first kappa shape index (κ1) is 9.29. The van der Waals surface area contributed by atoms with Gasteiger partial charge in [0.2, 0.25) is 0 Å². The highest BCUT2D eigenvalue weighted by Gasteiger charge is 2.07. The zero-order chi connectivity index (χ0) is 10.1. The van der Waals surface area contributed by atoms with Crippen molar-refractivity contribution in [2.24, 2.45) is 0 Å². The van der Waals surface area contributed by atoms with Gasteiger partial charge in [-0.05, 0) is 13.0 Å². The molecule has 0 aliphatic carbocycles. The van der Waals surface area contributed by atoms with Gasteiger partial charge in [-0.3, -0.25) is 0 Å². The first-order chi connectivity index (χ1) is 6.70. The van der Waals surface area contributed by atoms with Crippen LogP contribution in [0.1, 0.15) is 11.5 Å². The molecule has 0 fully saturated rings. The van der Waals surface area contributed by atoms with Gasteiger partial charge < -0.3 is 4.74 Å². The van der Waals surface area contributed by atoms with Crippen LogP contribution < -0.4 is 0 Å². The molecule has 0 atom stereocenters. The summed E-state index contributed by atoms with van der Waals surface area (Å²) < 4.78 is 6.47. The van der Waals surface area contributed by atoms with Gasteiger partial charge in [-0.2, -0.15) is 9.50 Å². The van der Waals surface area contributed by atoms with Crippen LogP contribution in [0.25, 0.3) is 5.78 Å². The fourth-order valence-corrected chi connectivity index (χ4v) is 1.48. The lowest BCUT2D eigenvalue weighted by Gasteiger charge is -1.95. The standard InChI is InChI=1S/C8H9N4OS/c1-5-3-7(14)12-8(9-5)10-6(11-12)4-13-2/h3H,4H2,1-2H3. The van der Waals surface area contributed by atoms with E-state index in [2.05, 4.69) is 15.1 Å². The van der Waals surface area contributed by atoms with E-state index in [9.17, 15) is 0 Å². The zero-order valence-corrected chi connectivity index (χ0v) is 8.71. The van der Waals surface area contributed by atoms with Gasteiger partial charge in [-0.15, -0.1) is 5.10 Å². The second-order valence-electron chi connectivity index (χ2n) is 2.91. The summed E-state index contributed by atoms with van der Waals surface area (Å²) in [5.74, 6) is 1.12. The highest BCUT2D eigenvalue weighted by Crippen LogP contribution is 2.09. The maximum atomic E-state index is 5.12. The summed E-state index contributed by atoms with van der Waals surface area (Å²) in [6.07, 6.45) is 0. The molecule has 0 bridgehead atoms. The van der Waals surface area contributed by atoms with E-state index in [4.69, 9.17) is 17.4 Å². The van der Waals surface area contributed by atoms with Crippen LogP contribution in [0, 0.1) is 6.92 Å². The van der Waals surface area contributed by atoms with Crippen LogP contribution in [0.4, 0.5) is 0 Å². The molecule has 5 nitrogen and oxygen atoms in total. The third kappa shape index (κ3) is 1.53. The summed E-state index contributed by atoms with van der Waals surface area (Å²) in [5.41, 5.74) is 0.846. The second-order valence-corrected chi connectivity index (χ2v) is 3.33. The van der Waals surface area contributed by atoms with Gasteiger partial charge in [0.25, 0.3) is 5.78 Å². The Labute approximate surface area is 86.5 Å². The number of aryl methyl sites for hydroxylation is 1. The van der Waals surface area contributed by atoms with Gasteiger partial charge in [-0.1, -0.05) is 12.6 Å². The van der Waals surface area contributed by atoms with E-state index in [1.807, 2.05) is 6.92 Å². The molecule has 6 heteroatoms. The molecular weight excluding hydrogens is 200 g/mol. The number of rotatable bonds is 2. The SMILES string of the molecule is COCc1nc2nc(C)cc([S])n2n1. The molecule has 73 valence electrons. The second kappa shape index (κ2) is 3.47. The van der Waals surface area contributed by atoms with E-state index in [1.165, 1.54) is 4.52 Å². The Morgan fingerprint density at radius 1 is 1.50 bits per heavy atom. The van der Waals surface area contributed by atoms with Crippen molar-refractivity contribution in [3.8, 4) is 0 Å². The number of hydrogen-bond acceptors (Lipinski definition) is 4. The predicted octanol–water partition coefficient (Wildman–Crippen LogP) is 1.14. The highest BCUT2D eigenvalue weighted by molar-refractivity contribution is 7.80. The molecule has 2 heterocycles. The van der Waals surface area contributed by atoms with Gasteiger partial charge in [-0.25, -0.2) is 4.98 Å². The zero-order valence-electron chi connectivity index (χ0n) is 7.89. The molecule has 0 unspecified atom stereocenters. The van der Waals surface area contributed by atoms with Crippen LogP contribution in [-0.4, -0.2) is 26.7 Å². The van der Waals surface area contributed by atoms with E-state index in [0.29, 0.717) is 23.2 Å². The van der Waals surface area contributed by atoms with Crippen molar-refractivity contribution in [1.29, 1.82) is 0 Å². The van der Waals surface area contributed by atoms with Gasteiger partial charge in [0.1, 0.15) is 11.6 Å². The Morgan fingerprint density at radius 2 is 2.29 bits per heavy atom. The molecule has 0 amide bonds. The topological polar surface area (TPSA) is 52.3 Å². The summed E-state index contributed by atoms with van der Waals surface area (Å²) >= 11 is 5.12. The molecule has 2 aromatic heterocycles. The molecule has 2 rings (SSSR count). The lowest BCUT2D eigenvalue weighted by Crippen LogP contribution is -1.95. The number of hydrogen-bond donors (Lipinski definition) is 0. The van der Waals surface area contributed by atoms with Crippen molar-refractivity contribution in [3.05, 3.63) is 17.6 Å². The van der Waals surface area contributed by atoms with Crippen molar-refractivity contribution in [2.45, 2.75) is 18.6 Å². The minimum atomic E-state index is 0.372.